The number of rotatable bonds is 5. The van der Waals surface area contributed by atoms with Crippen molar-refractivity contribution in [2.24, 2.45) is 0 Å². The second-order valence-corrected chi connectivity index (χ2v) is 4.99. The van der Waals surface area contributed by atoms with Crippen LogP contribution in [0.1, 0.15) is 12.5 Å². The molecule has 88 valence electrons. The minimum absolute atomic E-state index is 0.0908. The Morgan fingerprint density at radius 2 is 2.12 bits per heavy atom. The summed E-state index contributed by atoms with van der Waals surface area (Å²) in [6, 6.07) is 6.41. The molecule has 0 aromatic heterocycles. The van der Waals surface area contributed by atoms with Crippen molar-refractivity contribution in [1.82, 2.24) is 4.72 Å². The van der Waals surface area contributed by atoms with E-state index in [4.69, 9.17) is 5.11 Å². The fourth-order valence-corrected chi connectivity index (χ4v) is 2.22. The fourth-order valence-electron chi connectivity index (χ4n) is 1.17. The van der Waals surface area contributed by atoms with E-state index in [2.05, 4.69) is 0 Å². The Labute approximate surface area is 94.2 Å². The molecule has 5 nitrogen and oxygen atoms in total. The number of nitrogens with one attached hydrogen (secondary N) is 1. The van der Waals surface area contributed by atoms with Gasteiger partial charge >= 0.3 is 5.97 Å². The molecule has 2 N–H and O–H groups in total. The normalized spacial score (nSPS) is 11.3. The van der Waals surface area contributed by atoms with E-state index in [1.54, 1.807) is 6.07 Å². The highest BCUT2D eigenvalue weighted by Gasteiger charge is 2.14. The minimum atomic E-state index is -3.72. The third-order valence-corrected chi connectivity index (χ3v) is 3.43. The lowest BCUT2D eigenvalue weighted by molar-refractivity contribution is -0.135. The van der Waals surface area contributed by atoms with Crippen molar-refractivity contribution in [1.29, 1.82) is 0 Å². The molecule has 16 heavy (non-hydrogen) atoms. The lowest BCUT2D eigenvalue weighted by Gasteiger charge is -2.05. The summed E-state index contributed by atoms with van der Waals surface area (Å²) in [6.45, 7) is 1.30. The molecule has 0 bridgehead atoms. The zero-order chi connectivity index (χ0) is 12.2. The van der Waals surface area contributed by atoms with Crippen LogP contribution in [0.4, 0.5) is 0 Å². The Balaban J connectivity index is 2.93. The van der Waals surface area contributed by atoms with E-state index in [1.165, 1.54) is 12.1 Å². The van der Waals surface area contributed by atoms with Crippen molar-refractivity contribution in [3.05, 3.63) is 29.8 Å². The zero-order valence-electron chi connectivity index (χ0n) is 8.80. The van der Waals surface area contributed by atoms with Crippen LogP contribution in [0.15, 0.2) is 29.2 Å². The average Bonchev–Trinajstić information content (AvgIpc) is 2.27. The first-order valence-electron chi connectivity index (χ1n) is 4.76. The molecule has 0 saturated heterocycles. The predicted octanol–water partition coefficient (Wildman–Crippen LogP) is 0.612. The van der Waals surface area contributed by atoms with Crippen LogP contribution in [0, 0.1) is 0 Å². The van der Waals surface area contributed by atoms with Crippen molar-refractivity contribution in [2.45, 2.75) is 18.2 Å². The van der Waals surface area contributed by atoms with E-state index in [1.807, 2.05) is 17.7 Å². The van der Waals surface area contributed by atoms with Gasteiger partial charge in [0, 0.05) is 0 Å². The Morgan fingerprint density at radius 3 is 2.69 bits per heavy atom. The molecule has 0 atom stereocenters. The van der Waals surface area contributed by atoms with Crippen molar-refractivity contribution < 1.29 is 18.3 Å². The molecule has 1 aromatic rings. The molecular weight excluding hydrogens is 230 g/mol. The summed E-state index contributed by atoms with van der Waals surface area (Å²) in [6.07, 6.45) is 0.724. The number of carboxylic acid groups (broad SMARTS) is 1. The minimum Gasteiger partial charge on any atom is -0.480 e. The van der Waals surface area contributed by atoms with Crippen LogP contribution in [0.2, 0.25) is 0 Å². The van der Waals surface area contributed by atoms with Gasteiger partial charge in [-0.15, -0.1) is 0 Å². The van der Waals surface area contributed by atoms with Gasteiger partial charge in [-0.1, -0.05) is 19.1 Å². The number of benzene rings is 1. The Hall–Kier alpha value is -1.40. The predicted molar refractivity (Wildman–Crippen MR) is 58.6 cm³/mol. The number of aliphatic carboxylic acids is 1. The van der Waals surface area contributed by atoms with E-state index < -0.39 is 22.5 Å². The first-order chi connectivity index (χ1) is 7.45. The maximum atomic E-state index is 11.6. The maximum Gasteiger partial charge on any atom is 0.318 e. The van der Waals surface area contributed by atoms with Gasteiger partial charge in [-0.05, 0) is 24.1 Å². The highest BCUT2D eigenvalue weighted by molar-refractivity contribution is 7.89. The first kappa shape index (κ1) is 12.7. The summed E-state index contributed by atoms with van der Waals surface area (Å²) in [4.78, 5) is 10.4. The Bertz CT molecular complexity index is 481. The second kappa shape index (κ2) is 5.09. The van der Waals surface area contributed by atoms with E-state index >= 15 is 0 Å². The summed E-state index contributed by atoms with van der Waals surface area (Å²) >= 11 is 0. The number of hydrogen-bond acceptors (Lipinski definition) is 3. The van der Waals surface area contributed by atoms with Crippen molar-refractivity contribution in [3.8, 4) is 0 Å². The maximum absolute atomic E-state index is 11.6. The third-order valence-electron chi connectivity index (χ3n) is 2.03. The summed E-state index contributed by atoms with van der Waals surface area (Å²) in [5.74, 6) is -1.21. The SMILES string of the molecule is CCc1cccc(S(=O)(=O)NCC(=O)O)c1. The Morgan fingerprint density at radius 1 is 1.44 bits per heavy atom. The fraction of sp³-hybridized carbons (Fsp3) is 0.300. The van der Waals surface area contributed by atoms with Gasteiger partial charge in [0.05, 0.1) is 4.90 Å². The average molecular weight is 243 g/mol. The smallest absolute Gasteiger partial charge is 0.318 e. The van der Waals surface area contributed by atoms with Gasteiger partial charge in [0.2, 0.25) is 10.0 Å². The summed E-state index contributed by atoms with van der Waals surface area (Å²) in [5, 5.41) is 8.40. The van der Waals surface area contributed by atoms with Crippen LogP contribution >= 0.6 is 0 Å². The molecule has 6 heteroatoms. The van der Waals surface area contributed by atoms with Crippen LogP contribution in [0.3, 0.4) is 0 Å². The van der Waals surface area contributed by atoms with Gasteiger partial charge in [0.1, 0.15) is 6.54 Å². The molecular formula is C10H13NO4S. The molecule has 0 heterocycles. The molecule has 0 amide bonds. The monoisotopic (exact) mass is 243 g/mol. The second-order valence-electron chi connectivity index (χ2n) is 3.22. The van der Waals surface area contributed by atoms with Gasteiger partial charge in [0.25, 0.3) is 0 Å². The van der Waals surface area contributed by atoms with E-state index in [9.17, 15) is 13.2 Å². The molecule has 0 saturated carbocycles. The zero-order valence-corrected chi connectivity index (χ0v) is 9.62. The molecule has 0 aliphatic carbocycles. The molecule has 1 aromatic carbocycles. The van der Waals surface area contributed by atoms with E-state index in [-0.39, 0.29) is 4.90 Å². The van der Waals surface area contributed by atoms with Crippen LogP contribution in [-0.4, -0.2) is 26.0 Å². The van der Waals surface area contributed by atoms with Crippen molar-refractivity contribution in [2.75, 3.05) is 6.54 Å². The quantitative estimate of drug-likeness (QED) is 0.793. The van der Waals surface area contributed by atoms with Gasteiger partial charge in [-0.2, -0.15) is 4.72 Å². The number of carbonyl (C=O) groups is 1. The molecule has 0 aliphatic rings. The molecule has 0 spiro atoms. The highest BCUT2D eigenvalue weighted by Crippen LogP contribution is 2.11. The number of hydrogen-bond donors (Lipinski definition) is 2. The molecule has 0 radical (unpaired) electrons. The van der Waals surface area contributed by atoms with Crippen LogP contribution in [0.25, 0.3) is 0 Å². The lowest BCUT2D eigenvalue weighted by atomic mass is 10.2. The lowest BCUT2D eigenvalue weighted by Crippen LogP contribution is -2.29. The van der Waals surface area contributed by atoms with Crippen molar-refractivity contribution >= 4 is 16.0 Å². The number of carboxylic acids is 1. The first-order valence-corrected chi connectivity index (χ1v) is 6.24. The highest BCUT2D eigenvalue weighted by atomic mass is 32.2. The Kier molecular flexibility index (Phi) is 4.03. The third kappa shape index (κ3) is 3.32. The van der Waals surface area contributed by atoms with Gasteiger partial charge in [-0.3, -0.25) is 4.79 Å². The van der Waals surface area contributed by atoms with Crippen LogP contribution in [0.5, 0.6) is 0 Å². The topological polar surface area (TPSA) is 83.5 Å². The summed E-state index contributed by atoms with van der Waals surface area (Å²) in [7, 11) is -3.72. The largest absolute Gasteiger partial charge is 0.480 e. The van der Waals surface area contributed by atoms with E-state index in [0.717, 1.165) is 12.0 Å². The number of aryl methyl sites for hydroxylation is 1. The van der Waals surface area contributed by atoms with Gasteiger partial charge in [0.15, 0.2) is 0 Å². The molecule has 1 rings (SSSR count). The van der Waals surface area contributed by atoms with Gasteiger partial charge in [-0.25, -0.2) is 8.42 Å². The number of sulfonamides is 1. The standard InChI is InChI=1S/C10H13NO4S/c1-2-8-4-3-5-9(6-8)16(14,15)11-7-10(12)13/h3-6,11H,2,7H2,1H3,(H,12,13). The van der Waals surface area contributed by atoms with Crippen LogP contribution < -0.4 is 4.72 Å². The van der Waals surface area contributed by atoms with Crippen LogP contribution in [-0.2, 0) is 21.2 Å². The van der Waals surface area contributed by atoms with Gasteiger partial charge < -0.3 is 5.11 Å². The molecule has 0 unspecified atom stereocenters. The molecule has 0 fully saturated rings. The van der Waals surface area contributed by atoms with Crippen molar-refractivity contribution in [3.63, 3.8) is 0 Å². The molecule has 0 aliphatic heterocycles. The summed E-state index contributed by atoms with van der Waals surface area (Å²) in [5.41, 5.74) is 0.887. The van der Waals surface area contributed by atoms with E-state index in [0.29, 0.717) is 0 Å². The summed E-state index contributed by atoms with van der Waals surface area (Å²) < 4.78 is 25.3.